The smallest absolute Gasteiger partial charge is 0.183 e. The third-order valence-corrected chi connectivity index (χ3v) is 1.24. The summed E-state index contributed by atoms with van der Waals surface area (Å²) in [5.74, 6) is -0.333. The lowest BCUT2D eigenvalue weighted by molar-refractivity contribution is 0.299. The van der Waals surface area contributed by atoms with Crippen LogP contribution in [-0.4, -0.2) is 17.7 Å². The molecule has 1 aromatic carbocycles. The van der Waals surface area contributed by atoms with Crippen molar-refractivity contribution in [1.82, 2.24) is 0 Å². The number of hydrogen-bond acceptors (Lipinski definition) is 2. The molecule has 0 bridgehead atoms. The Morgan fingerprint density at radius 1 is 1.23 bits per heavy atom. The van der Waals surface area contributed by atoms with Crippen molar-refractivity contribution in [2.75, 3.05) is 6.61 Å². The van der Waals surface area contributed by atoms with Gasteiger partial charge < -0.3 is 16.6 Å². The van der Waals surface area contributed by atoms with Crippen molar-refractivity contribution in [3.63, 3.8) is 0 Å². The molecule has 0 fully saturated rings. The van der Waals surface area contributed by atoms with Gasteiger partial charge in [0.2, 0.25) is 0 Å². The highest BCUT2D eigenvalue weighted by atomic mass is 16.2. The topological polar surface area (TPSA) is 96.1 Å². The van der Waals surface area contributed by atoms with E-state index in [9.17, 15) is 0 Å². The van der Waals surface area contributed by atoms with Gasteiger partial charge in [-0.2, -0.15) is 0 Å². The van der Waals surface area contributed by atoms with Crippen LogP contribution >= 0.6 is 0 Å². The first-order valence-electron chi connectivity index (χ1n) is 3.91. The second-order valence-corrected chi connectivity index (χ2v) is 2.41. The Labute approximate surface area is 77.7 Å². The minimum absolute atomic E-state index is 0.240. The average Bonchev–Trinajstić information content (AvgIpc) is 2.06. The van der Waals surface area contributed by atoms with E-state index < -0.39 is 0 Å². The van der Waals surface area contributed by atoms with Crippen molar-refractivity contribution >= 4 is 5.96 Å². The first kappa shape index (κ1) is 11.4. The Hall–Kier alpha value is -1.55. The summed E-state index contributed by atoms with van der Waals surface area (Å²) in [4.78, 5) is 0. The van der Waals surface area contributed by atoms with Gasteiger partial charge in [-0.1, -0.05) is 30.3 Å². The molecule has 6 N–H and O–H groups in total. The van der Waals surface area contributed by atoms with Crippen LogP contribution < -0.4 is 11.5 Å². The number of hydrogen-bond donors (Lipinski definition) is 4. The Kier molecular flexibility index (Phi) is 6.27. The summed E-state index contributed by atoms with van der Waals surface area (Å²) in [5.41, 5.74) is 10.1. The number of aliphatic hydroxyl groups is 1. The van der Waals surface area contributed by atoms with Gasteiger partial charge in [0.15, 0.2) is 5.96 Å². The van der Waals surface area contributed by atoms with E-state index in [2.05, 4.69) is 11.5 Å². The zero-order valence-electron chi connectivity index (χ0n) is 7.40. The van der Waals surface area contributed by atoms with E-state index in [0.717, 1.165) is 6.42 Å². The molecule has 72 valence electrons. The van der Waals surface area contributed by atoms with Crippen LogP contribution in [0.15, 0.2) is 30.3 Å². The van der Waals surface area contributed by atoms with Crippen LogP contribution in [0.5, 0.6) is 0 Å². The summed E-state index contributed by atoms with van der Waals surface area (Å²) >= 11 is 0. The quantitative estimate of drug-likeness (QED) is 0.383. The minimum atomic E-state index is -0.333. The van der Waals surface area contributed by atoms with Crippen LogP contribution in [0.2, 0.25) is 0 Å². The fraction of sp³-hybridized carbons (Fsp3) is 0.222. The number of nitrogens with one attached hydrogen (secondary N) is 1. The Balaban J connectivity index is 0.000000310. The highest BCUT2D eigenvalue weighted by Gasteiger charge is 1.85. The van der Waals surface area contributed by atoms with E-state index in [4.69, 9.17) is 10.5 Å². The normalized spacial score (nSPS) is 8.38. The summed E-state index contributed by atoms with van der Waals surface area (Å²) in [6, 6.07) is 9.95. The van der Waals surface area contributed by atoms with E-state index in [0.29, 0.717) is 0 Å². The molecule has 0 aliphatic rings. The summed E-state index contributed by atoms with van der Waals surface area (Å²) in [5, 5.41) is 14.6. The van der Waals surface area contributed by atoms with Crippen LogP contribution in [0, 0.1) is 5.41 Å². The van der Waals surface area contributed by atoms with Crippen molar-refractivity contribution in [3.8, 4) is 0 Å². The lowest BCUT2D eigenvalue weighted by Crippen LogP contribution is -2.20. The van der Waals surface area contributed by atoms with E-state index in [1.54, 1.807) is 0 Å². The molecule has 4 nitrogen and oxygen atoms in total. The van der Waals surface area contributed by atoms with E-state index >= 15 is 0 Å². The molecule has 0 amide bonds. The lowest BCUT2D eigenvalue weighted by atomic mass is 10.2. The van der Waals surface area contributed by atoms with Crippen LogP contribution in [0.25, 0.3) is 0 Å². The molecule has 0 atom stereocenters. The maximum absolute atomic E-state index is 8.52. The van der Waals surface area contributed by atoms with Gasteiger partial charge in [0.25, 0.3) is 0 Å². The summed E-state index contributed by atoms with van der Waals surface area (Å²) < 4.78 is 0. The molecule has 0 aliphatic heterocycles. The molecule has 0 heterocycles. The van der Waals surface area contributed by atoms with E-state index in [-0.39, 0.29) is 12.6 Å². The number of aliphatic hydroxyl groups excluding tert-OH is 1. The van der Waals surface area contributed by atoms with Gasteiger partial charge in [0.05, 0.1) is 0 Å². The number of guanidine groups is 1. The summed E-state index contributed by atoms with van der Waals surface area (Å²) in [6.45, 7) is 0.240. The average molecular weight is 181 g/mol. The standard InChI is InChI=1S/C8H10O.CH5N3/c9-7-6-8-4-2-1-3-5-8;2-1(3)4/h1-5,9H,6-7H2;(H5,2,3,4). The molecule has 0 aromatic heterocycles. The first-order chi connectivity index (χ1) is 6.16. The predicted octanol–water partition coefficient (Wildman–Crippen LogP) is 0.0600. The van der Waals surface area contributed by atoms with Crippen molar-refractivity contribution in [2.45, 2.75) is 6.42 Å². The number of benzene rings is 1. The maximum Gasteiger partial charge on any atom is 0.183 e. The molecule has 0 aliphatic carbocycles. The Bertz CT molecular complexity index is 232. The Morgan fingerprint density at radius 3 is 2.08 bits per heavy atom. The second-order valence-electron chi connectivity index (χ2n) is 2.41. The molecule has 13 heavy (non-hydrogen) atoms. The zero-order valence-corrected chi connectivity index (χ0v) is 7.40. The fourth-order valence-corrected chi connectivity index (χ4v) is 0.774. The van der Waals surface area contributed by atoms with E-state index in [1.165, 1.54) is 5.56 Å². The Morgan fingerprint density at radius 2 is 1.69 bits per heavy atom. The van der Waals surface area contributed by atoms with Crippen LogP contribution in [-0.2, 0) is 6.42 Å². The number of nitrogens with two attached hydrogens (primary N) is 2. The van der Waals surface area contributed by atoms with Gasteiger partial charge in [-0.3, -0.25) is 5.41 Å². The lowest BCUT2D eigenvalue weighted by Gasteiger charge is -1.93. The molecule has 0 radical (unpaired) electrons. The van der Waals surface area contributed by atoms with Crippen molar-refractivity contribution in [2.24, 2.45) is 11.5 Å². The zero-order chi connectivity index (χ0) is 10.1. The molecule has 1 aromatic rings. The van der Waals surface area contributed by atoms with Crippen molar-refractivity contribution < 1.29 is 5.11 Å². The molecule has 4 heteroatoms. The van der Waals surface area contributed by atoms with Gasteiger partial charge >= 0.3 is 0 Å². The molecule has 0 spiro atoms. The molecule has 0 unspecified atom stereocenters. The molecule has 0 saturated heterocycles. The van der Waals surface area contributed by atoms with Crippen LogP contribution in [0.4, 0.5) is 0 Å². The minimum Gasteiger partial charge on any atom is -0.396 e. The molecular weight excluding hydrogens is 166 g/mol. The maximum atomic E-state index is 8.52. The van der Waals surface area contributed by atoms with Crippen LogP contribution in [0.1, 0.15) is 5.56 Å². The largest absolute Gasteiger partial charge is 0.396 e. The third kappa shape index (κ3) is 8.36. The van der Waals surface area contributed by atoms with Crippen molar-refractivity contribution in [1.29, 1.82) is 5.41 Å². The second kappa shape index (κ2) is 7.12. The summed E-state index contributed by atoms with van der Waals surface area (Å²) in [6.07, 6.45) is 0.765. The SMILES string of the molecule is N=C(N)N.OCCc1ccccc1. The summed E-state index contributed by atoms with van der Waals surface area (Å²) in [7, 11) is 0. The van der Waals surface area contributed by atoms with Crippen molar-refractivity contribution in [3.05, 3.63) is 35.9 Å². The van der Waals surface area contributed by atoms with E-state index in [1.807, 2.05) is 30.3 Å². The van der Waals surface area contributed by atoms with Gasteiger partial charge in [-0.15, -0.1) is 0 Å². The highest BCUT2D eigenvalue weighted by Crippen LogP contribution is 1.97. The van der Waals surface area contributed by atoms with Crippen LogP contribution in [0.3, 0.4) is 0 Å². The molecule has 0 saturated carbocycles. The van der Waals surface area contributed by atoms with Gasteiger partial charge in [-0.05, 0) is 12.0 Å². The molecular formula is C9H15N3O. The monoisotopic (exact) mass is 181 g/mol. The number of rotatable bonds is 2. The molecule has 1 rings (SSSR count). The van der Waals surface area contributed by atoms with Gasteiger partial charge in [0, 0.05) is 6.61 Å². The van der Waals surface area contributed by atoms with Gasteiger partial charge in [-0.25, -0.2) is 0 Å². The van der Waals surface area contributed by atoms with Gasteiger partial charge in [0.1, 0.15) is 0 Å². The predicted molar refractivity (Wildman–Crippen MR) is 53.3 cm³/mol. The third-order valence-electron chi connectivity index (χ3n) is 1.24. The first-order valence-corrected chi connectivity index (χ1v) is 3.91. The fourth-order valence-electron chi connectivity index (χ4n) is 0.774. The highest BCUT2D eigenvalue weighted by molar-refractivity contribution is 5.71.